The fraction of sp³-hybridized carbons (Fsp3) is 0.133. The molecule has 0 bridgehead atoms. The molecule has 5 nitrogen and oxygen atoms in total. The maximum Gasteiger partial charge on any atom is 0.257 e. The second-order valence-electron chi connectivity index (χ2n) is 4.43. The molecule has 5 heteroatoms. The quantitative estimate of drug-likeness (QED) is 0.592. The number of rotatable bonds is 3. The number of phenolic OH excluding ortho intramolecular Hbond substituents is 1. The van der Waals surface area contributed by atoms with Crippen LogP contribution in [0.15, 0.2) is 36.4 Å². The van der Waals surface area contributed by atoms with E-state index in [1.807, 2.05) is 13.0 Å². The Morgan fingerprint density at radius 1 is 1.25 bits per heavy atom. The van der Waals surface area contributed by atoms with Crippen molar-refractivity contribution < 1.29 is 14.6 Å². The number of carbonyl (C=O) groups is 1. The number of amides is 1. The number of nitrogens with two attached hydrogens (primary N) is 1. The topological polar surface area (TPSA) is 84.6 Å². The summed E-state index contributed by atoms with van der Waals surface area (Å²) in [4.78, 5) is 12.2. The Balaban J connectivity index is 2.32. The van der Waals surface area contributed by atoms with Crippen LogP contribution in [0, 0.1) is 6.92 Å². The zero-order valence-corrected chi connectivity index (χ0v) is 11.3. The number of nitrogens with one attached hydrogen (secondary N) is 1. The Bertz CT molecular complexity index is 654. The lowest BCUT2D eigenvalue weighted by Crippen LogP contribution is -2.14. The standard InChI is InChI=1S/C15H16N2O3/c1-9-3-6-14(20-2)13(7-9)17-15(19)11-8-10(18)4-5-12(11)16/h3-8,18H,16H2,1-2H3,(H,17,19). The van der Waals surface area contributed by atoms with E-state index in [1.165, 1.54) is 25.3 Å². The minimum absolute atomic E-state index is 0.0134. The molecule has 104 valence electrons. The van der Waals surface area contributed by atoms with Crippen molar-refractivity contribution in [1.82, 2.24) is 0 Å². The number of phenols is 1. The molecule has 20 heavy (non-hydrogen) atoms. The third-order valence-electron chi connectivity index (χ3n) is 2.88. The molecule has 1 amide bonds. The number of aryl methyl sites for hydroxylation is 1. The Labute approximate surface area is 117 Å². The third-order valence-corrected chi connectivity index (χ3v) is 2.88. The van der Waals surface area contributed by atoms with Crippen LogP contribution in [0.3, 0.4) is 0 Å². The van der Waals surface area contributed by atoms with E-state index in [9.17, 15) is 9.90 Å². The first-order valence-corrected chi connectivity index (χ1v) is 6.05. The molecule has 0 saturated carbocycles. The van der Waals surface area contributed by atoms with Crippen LogP contribution in [0.5, 0.6) is 11.5 Å². The second-order valence-corrected chi connectivity index (χ2v) is 4.43. The van der Waals surface area contributed by atoms with Gasteiger partial charge in [-0.1, -0.05) is 6.07 Å². The first-order valence-electron chi connectivity index (χ1n) is 6.05. The lowest BCUT2D eigenvalue weighted by atomic mass is 10.1. The number of aromatic hydroxyl groups is 1. The number of hydrogen-bond acceptors (Lipinski definition) is 4. The number of benzene rings is 2. The smallest absolute Gasteiger partial charge is 0.257 e. The molecule has 0 aliphatic heterocycles. The van der Waals surface area contributed by atoms with E-state index in [4.69, 9.17) is 10.5 Å². The van der Waals surface area contributed by atoms with Crippen LogP contribution in [0.2, 0.25) is 0 Å². The predicted molar refractivity (Wildman–Crippen MR) is 78.2 cm³/mol. The Kier molecular flexibility index (Phi) is 3.79. The van der Waals surface area contributed by atoms with Gasteiger partial charge in [0, 0.05) is 5.69 Å². The predicted octanol–water partition coefficient (Wildman–Crippen LogP) is 2.54. The van der Waals surface area contributed by atoms with Gasteiger partial charge in [0.2, 0.25) is 0 Å². The van der Waals surface area contributed by atoms with E-state index in [0.717, 1.165) is 5.56 Å². The monoisotopic (exact) mass is 272 g/mol. The van der Waals surface area contributed by atoms with E-state index >= 15 is 0 Å². The van der Waals surface area contributed by atoms with E-state index < -0.39 is 5.91 Å². The molecule has 0 heterocycles. The maximum atomic E-state index is 12.2. The molecule has 0 spiro atoms. The van der Waals surface area contributed by atoms with Crippen molar-refractivity contribution in [3.63, 3.8) is 0 Å². The van der Waals surface area contributed by atoms with Crippen LogP contribution in [0.1, 0.15) is 15.9 Å². The highest BCUT2D eigenvalue weighted by Gasteiger charge is 2.13. The number of methoxy groups -OCH3 is 1. The minimum atomic E-state index is -0.401. The molecule has 0 atom stereocenters. The second kappa shape index (κ2) is 5.52. The molecule has 0 aliphatic carbocycles. The largest absolute Gasteiger partial charge is 0.508 e. The van der Waals surface area contributed by atoms with Crippen LogP contribution in [0.4, 0.5) is 11.4 Å². The van der Waals surface area contributed by atoms with E-state index in [-0.39, 0.29) is 11.3 Å². The summed E-state index contributed by atoms with van der Waals surface area (Å²) in [5.41, 5.74) is 7.80. The van der Waals surface area contributed by atoms with Gasteiger partial charge in [-0.25, -0.2) is 0 Å². The van der Waals surface area contributed by atoms with Gasteiger partial charge in [0.25, 0.3) is 5.91 Å². The van der Waals surface area contributed by atoms with Gasteiger partial charge in [0.05, 0.1) is 18.4 Å². The zero-order chi connectivity index (χ0) is 14.7. The van der Waals surface area contributed by atoms with Gasteiger partial charge in [-0.05, 0) is 42.8 Å². The highest BCUT2D eigenvalue weighted by Crippen LogP contribution is 2.27. The molecule has 0 aromatic heterocycles. The number of anilines is 2. The molecule has 4 N–H and O–H groups in total. The van der Waals surface area contributed by atoms with Crippen molar-refractivity contribution in [2.75, 3.05) is 18.2 Å². The molecule has 0 saturated heterocycles. The Morgan fingerprint density at radius 2 is 2.00 bits per heavy atom. The molecule has 0 fully saturated rings. The fourth-order valence-corrected chi connectivity index (χ4v) is 1.85. The number of hydrogen-bond donors (Lipinski definition) is 3. The summed E-state index contributed by atoms with van der Waals surface area (Å²) in [7, 11) is 1.53. The van der Waals surface area contributed by atoms with Crippen molar-refractivity contribution >= 4 is 17.3 Å². The summed E-state index contributed by atoms with van der Waals surface area (Å²) in [6.07, 6.45) is 0. The van der Waals surface area contributed by atoms with Crippen molar-refractivity contribution in [3.05, 3.63) is 47.5 Å². The van der Waals surface area contributed by atoms with Gasteiger partial charge in [0.1, 0.15) is 11.5 Å². The van der Waals surface area contributed by atoms with Gasteiger partial charge in [0.15, 0.2) is 0 Å². The van der Waals surface area contributed by atoms with Crippen LogP contribution in [-0.2, 0) is 0 Å². The lowest BCUT2D eigenvalue weighted by Gasteiger charge is -2.12. The molecule has 2 aromatic carbocycles. The first-order chi connectivity index (χ1) is 9.51. The molecule has 0 unspecified atom stereocenters. The van der Waals surface area contributed by atoms with Crippen molar-refractivity contribution in [1.29, 1.82) is 0 Å². The maximum absolute atomic E-state index is 12.2. The lowest BCUT2D eigenvalue weighted by molar-refractivity contribution is 0.102. The molecule has 0 aliphatic rings. The average molecular weight is 272 g/mol. The van der Waals surface area contributed by atoms with Crippen molar-refractivity contribution in [2.45, 2.75) is 6.92 Å². The van der Waals surface area contributed by atoms with Gasteiger partial charge >= 0.3 is 0 Å². The minimum Gasteiger partial charge on any atom is -0.508 e. The van der Waals surface area contributed by atoms with Crippen molar-refractivity contribution in [3.8, 4) is 11.5 Å². The number of carbonyl (C=O) groups excluding carboxylic acids is 1. The Hall–Kier alpha value is -2.69. The first kappa shape index (κ1) is 13.7. The summed E-state index contributed by atoms with van der Waals surface area (Å²) in [5.74, 6) is 0.144. The van der Waals surface area contributed by atoms with Gasteiger partial charge in [-0.3, -0.25) is 4.79 Å². The molecule has 2 rings (SSSR count). The molecular formula is C15H16N2O3. The van der Waals surface area contributed by atoms with Gasteiger partial charge < -0.3 is 20.9 Å². The van der Waals surface area contributed by atoms with E-state index in [2.05, 4.69) is 5.32 Å². The van der Waals surface area contributed by atoms with Crippen LogP contribution >= 0.6 is 0 Å². The Morgan fingerprint density at radius 3 is 2.70 bits per heavy atom. The van der Waals surface area contributed by atoms with E-state index in [1.54, 1.807) is 12.1 Å². The molecule has 2 aromatic rings. The number of ether oxygens (including phenoxy) is 1. The van der Waals surface area contributed by atoms with Crippen molar-refractivity contribution in [2.24, 2.45) is 0 Å². The highest BCUT2D eigenvalue weighted by molar-refractivity contribution is 6.08. The summed E-state index contributed by atoms with van der Waals surface area (Å²) >= 11 is 0. The van der Waals surface area contributed by atoms with E-state index in [0.29, 0.717) is 17.1 Å². The molecule has 0 radical (unpaired) electrons. The summed E-state index contributed by atoms with van der Waals surface area (Å²) in [6.45, 7) is 1.91. The molecular weight excluding hydrogens is 256 g/mol. The van der Waals surface area contributed by atoms with Gasteiger partial charge in [-0.15, -0.1) is 0 Å². The average Bonchev–Trinajstić information content (AvgIpc) is 2.41. The zero-order valence-electron chi connectivity index (χ0n) is 11.3. The fourth-order valence-electron chi connectivity index (χ4n) is 1.85. The van der Waals surface area contributed by atoms with Gasteiger partial charge in [-0.2, -0.15) is 0 Å². The third kappa shape index (κ3) is 2.83. The summed E-state index contributed by atoms with van der Waals surface area (Å²) < 4.78 is 5.20. The van der Waals surface area contributed by atoms with Crippen LogP contribution < -0.4 is 15.8 Å². The van der Waals surface area contributed by atoms with Crippen LogP contribution in [0.25, 0.3) is 0 Å². The number of nitrogen functional groups attached to an aromatic ring is 1. The van der Waals surface area contributed by atoms with Crippen LogP contribution in [-0.4, -0.2) is 18.1 Å². The summed E-state index contributed by atoms with van der Waals surface area (Å²) in [5, 5.41) is 12.2. The SMILES string of the molecule is COc1ccc(C)cc1NC(=O)c1cc(O)ccc1N. The normalized spacial score (nSPS) is 10.1. The highest BCUT2D eigenvalue weighted by atomic mass is 16.5. The summed E-state index contributed by atoms with van der Waals surface area (Å²) in [6, 6.07) is 9.70.